The van der Waals surface area contributed by atoms with Crippen LogP contribution in [-0.4, -0.2) is 32.3 Å². The van der Waals surface area contributed by atoms with Gasteiger partial charge in [-0.15, -0.1) is 5.10 Å². The van der Waals surface area contributed by atoms with E-state index in [2.05, 4.69) is 10.3 Å². The molecule has 166 valence electrons. The average molecular weight is 448 g/mol. The van der Waals surface area contributed by atoms with Gasteiger partial charge in [-0.1, -0.05) is 17.3 Å². The summed E-state index contributed by atoms with van der Waals surface area (Å²) >= 11 is 0. The van der Waals surface area contributed by atoms with E-state index < -0.39 is 24.1 Å². The molecule has 1 aliphatic heterocycles. The Morgan fingerprint density at radius 2 is 1.55 bits per heavy atom. The lowest BCUT2D eigenvalue weighted by molar-refractivity contribution is 0.117. The van der Waals surface area contributed by atoms with Gasteiger partial charge in [0.25, 0.3) is 0 Å². The maximum absolute atomic E-state index is 13.5. The first kappa shape index (κ1) is 20.6. The van der Waals surface area contributed by atoms with Crippen molar-refractivity contribution in [3.8, 4) is 17.0 Å². The van der Waals surface area contributed by atoms with Gasteiger partial charge in [-0.3, -0.25) is 4.90 Å². The molecular weight excluding hydrogens is 430 g/mol. The molecule has 1 amide bonds. The average Bonchev–Trinajstić information content (AvgIpc) is 3.40. The number of amides is 1. The minimum Gasteiger partial charge on any atom is -0.508 e. The molecule has 0 aliphatic carbocycles. The number of aromatic hydroxyl groups is 1. The van der Waals surface area contributed by atoms with Crippen LogP contribution in [-0.2, 0) is 11.3 Å². The number of cyclic esters (lactones) is 1. The summed E-state index contributed by atoms with van der Waals surface area (Å²) in [7, 11) is 0. The van der Waals surface area contributed by atoms with Gasteiger partial charge in [0, 0.05) is 11.3 Å². The number of benzene rings is 3. The summed E-state index contributed by atoms with van der Waals surface area (Å²) in [6.07, 6.45) is 0.466. The van der Waals surface area contributed by atoms with Crippen LogP contribution in [0.1, 0.15) is 11.6 Å². The third kappa shape index (κ3) is 4.12. The summed E-state index contributed by atoms with van der Waals surface area (Å²) in [6, 6.07) is 17.4. The Balaban J connectivity index is 1.47. The van der Waals surface area contributed by atoms with E-state index >= 15 is 0 Å². The van der Waals surface area contributed by atoms with Gasteiger partial charge < -0.3 is 9.84 Å². The largest absolute Gasteiger partial charge is 0.508 e. The number of carbonyl (C=O) groups is 1. The fourth-order valence-electron chi connectivity index (χ4n) is 3.90. The summed E-state index contributed by atoms with van der Waals surface area (Å²) < 4.78 is 33.9. The second kappa shape index (κ2) is 8.34. The normalized spacial score (nSPS) is 17.9. The zero-order valence-electron chi connectivity index (χ0n) is 17.2. The SMILES string of the molecule is O=C1O[C@H](Cn2cc(-c3ccc(F)cc3)nn2)C(c2ccc(O)cc2)N1c1ccc(F)cc1. The Labute approximate surface area is 187 Å². The molecule has 2 atom stereocenters. The highest BCUT2D eigenvalue weighted by Crippen LogP contribution is 2.38. The molecule has 7 nitrogen and oxygen atoms in total. The number of ether oxygens (including phenoxy) is 1. The molecule has 1 aromatic heterocycles. The topological polar surface area (TPSA) is 80.5 Å². The van der Waals surface area contributed by atoms with Crippen LogP contribution in [0.3, 0.4) is 0 Å². The third-order valence-electron chi connectivity index (χ3n) is 5.46. The molecule has 1 aliphatic rings. The Morgan fingerprint density at radius 1 is 0.909 bits per heavy atom. The van der Waals surface area contributed by atoms with E-state index in [9.17, 15) is 18.7 Å². The van der Waals surface area contributed by atoms with E-state index in [1.807, 2.05) is 0 Å². The van der Waals surface area contributed by atoms with Gasteiger partial charge in [-0.2, -0.15) is 0 Å². The molecule has 33 heavy (non-hydrogen) atoms. The van der Waals surface area contributed by atoms with E-state index in [1.165, 1.54) is 53.4 Å². The first-order valence-corrected chi connectivity index (χ1v) is 10.2. The maximum Gasteiger partial charge on any atom is 0.415 e. The highest BCUT2D eigenvalue weighted by Gasteiger charge is 2.44. The number of carbonyl (C=O) groups excluding carboxylic acids is 1. The van der Waals surface area contributed by atoms with E-state index in [0.29, 0.717) is 16.9 Å². The molecule has 0 saturated carbocycles. The predicted molar refractivity (Wildman–Crippen MR) is 115 cm³/mol. The number of anilines is 1. The van der Waals surface area contributed by atoms with E-state index in [0.717, 1.165) is 5.56 Å². The molecule has 4 aromatic rings. The zero-order valence-corrected chi connectivity index (χ0v) is 17.2. The fourth-order valence-corrected chi connectivity index (χ4v) is 3.90. The standard InChI is InChI=1S/C24H18F2N4O3/c25-17-5-1-15(2-6-17)21-13-29(28-27-21)14-22-23(16-3-11-20(31)12-4-16)30(24(32)33-22)19-9-7-18(26)8-10-19/h1-13,22-23,31H,14H2/t22-,23?/m1/s1. The molecule has 0 radical (unpaired) electrons. The van der Waals surface area contributed by atoms with Crippen LogP contribution in [0.15, 0.2) is 79.0 Å². The Kier molecular flexibility index (Phi) is 5.21. The van der Waals surface area contributed by atoms with Crippen molar-refractivity contribution in [3.63, 3.8) is 0 Å². The number of halogens is 2. The molecule has 2 heterocycles. The summed E-state index contributed by atoms with van der Waals surface area (Å²) in [6.45, 7) is 0.198. The number of rotatable bonds is 5. The summed E-state index contributed by atoms with van der Waals surface area (Å²) in [5, 5.41) is 18.0. The van der Waals surface area contributed by atoms with Crippen molar-refractivity contribution in [2.24, 2.45) is 0 Å². The van der Waals surface area contributed by atoms with Crippen molar-refractivity contribution < 1.29 is 23.4 Å². The van der Waals surface area contributed by atoms with Crippen molar-refractivity contribution in [1.82, 2.24) is 15.0 Å². The molecular formula is C24H18F2N4O3. The van der Waals surface area contributed by atoms with Crippen molar-refractivity contribution >= 4 is 11.8 Å². The number of hydrogen-bond donors (Lipinski definition) is 1. The number of phenols is 1. The summed E-state index contributed by atoms with van der Waals surface area (Å²) in [5.74, 6) is -0.671. The highest BCUT2D eigenvalue weighted by atomic mass is 19.1. The van der Waals surface area contributed by atoms with Crippen LogP contribution < -0.4 is 4.90 Å². The zero-order chi connectivity index (χ0) is 22.9. The molecule has 1 saturated heterocycles. The molecule has 1 N–H and O–H groups in total. The molecule has 5 rings (SSSR count). The molecule has 9 heteroatoms. The van der Waals surface area contributed by atoms with Gasteiger partial charge in [0.15, 0.2) is 0 Å². The van der Waals surface area contributed by atoms with Crippen LogP contribution >= 0.6 is 0 Å². The summed E-state index contributed by atoms with van der Waals surface area (Å²) in [4.78, 5) is 14.3. The first-order chi connectivity index (χ1) is 16.0. The molecule has 3 aromatic carbocycles. The molecule has 0 bridgehead atoms. The van der Waals surface area contributed by atoms with Crippen LogP contribution in [0.2, 0.25) is 0 Å². The lowest BCUT2D eigenvalue weighted by Crippen LogP contribution is -2.31. The quantitative estimate of drug-likeness (QED) is 0.479. The van der Waals surface area contributed by atoms with Crippen LogP contribution in [0.4, 0.5) is 19.3 Å². The predicted octanol–water partition coefficient (Wildman–Crippen LogP) is 4.70. The van der Waals surface area contributed by atoms with Crippen LogP contribution in [0.25, 0.3) is 11.3 Å². The van der Waals surface area contributed by atoms with Crippen molar-refractivity contribution in [2.45, 2.75) is 18.7 Å². The lowest BCUT2D eigenvalue weighted by atomic mass is 10.00. The second-order valence-corrected chi connectivity index (χ2v) is 7.64. The molecule has 0 spiro atoms. The van der Waals surface area contributed by atoms with E-state index in [4.69, 9.17) is 4.74 Å². The van der Waals surface area contributed by atoms with Crippen LogP contribution in [0.5, 0.6) is 5.75 Å². The minimum absolute atomic E-state index is 0.0917. The Bertz CT molecular complexity index is 1270. The first-order valence-electron chi connectivity index (χ1n) is 10.2. The summed E-state index contributed by atoms with van der Waals surface area (Å²) in [5.41, 5.74) is 2.46. The second-order valence-electron chi connectivity index (χ2n) is 7.64. The number of nitrogens with zero attached hydrogens (tertiary/aromatic N) is 4. The van der Waals surface area contributed by atoms with Crippen molar-refractivity contribution in [2.75, 3.05) is 4.90 Å². The minimum atomic E-state index is -0.644. The highest BCUT2D eigenvalue weighted by molar-refractivity contribution is 5.91. The van der Waals surface area contributed by atoms with Gasteiger partial charge in [0.2, 0.25) is 0 Å². The van der Waals surface area contributed by atoms with Gasteiger partial charge in [0.1, 0.15) is 35.2 Å². The lowest BCUT2D eigenvalue weighted by Gasteiger charge is -2.25. The molecule has 1 fully saturated rings. The van der Waals surface area contributed by atoms with Gasteiger partial charge in [-0.25, -0.2) is 18.3 Å². The van der Waals surface area contributed by atoms with Gasteiger partial charge in [0.05, 0.1) is 12.7 Å². The van der Waals surface area contributed by atoms with Crippen LogP contribution in [0, 0.1) is 11.6 Å². The molecule has 1 unspecified atom stereocenters. The maximum atomic E-state index is 13.5. The number of hydrogen-bond acceptors (Lipinski definition) is 5. The van der Waals surface area contributed by atoms with Crippen molar-refractivity contribution in [1.29, 1.82) is 0 Å². The third-order valence-corrected chi connectivity index (χ3v) is 5.46. The Hall–Kier alpha value is -4.27. The Morgan fingerprint density at radius 3 is 2.21 bits per heavy atom. The van der Waals surface area contributed by atoms with E-state index in [-0.39, 0.29) is 18.1 Å². The number of aromatic nitrogens is 3. The number of phenolic OH excluding ortho intramolecular Hbond substituents is 1. The van der Waals surface area contributed by atoms with E-state index in [1.54, 1.807) is 35.1 Å². The smallest absolute Gasteiger partial charge is 0.415 e. The van der Waals surface area contributed by atoms with Gasteiger partial charge >= 0.3 is 6.09 Å². The van der Waals surface area contributed by atoms with Gasteiger partial charge in [-0.05, 0) is 66.2 Å². The fraction of sp³-hybridized carbons (Fsp3) is 0.125. The monoisotopic (exact) mass is 448 g/mol. The van der Waals surface area contributed by atoms with Crippen molar-refractivity contribution in [3.05, 3.63) is 96.2 Å².